The molecule has 26 heavy (non-hydrogen) atoms. The molecule has 0 atom stereocenters. The molecule has 0 aliphatic rings. The summed E-state index contributed by atoms with van der Waals surface area (Å²) in [5.41, 5.74) is 3.53. The van der Waals surface area contributed by atoms with Gasteiger partial charge in [-0.2, -0.15) is 5.10 Å². The third-order valence-electron chi connectivity index (χ3n) is 3.36. The van der Waals surface area contributed by atoms with E-state index in [9.17, 15) is 9.59 Å². The van der Waals surface area contributed by atoms with Crippen LogP contribution in [0.2, 0.25) is 0 Å². The van der Waals surface area contributed by atoms with Crippen molar-refractivity contribution in [2.75, 3.05) is 20.8 Å². The Morgan fingerprint density at radius 1 is 1.08 bits per heavy atom. The Labute approximate surface area is 159 Å². The fourth-order valence-electron chi connectivity index (χ4n) is 1.97. The molecule has 0 bridgehead atoms. The van der Waals surface area contributed by atoms with Crippen LogP contribution in [-0.4, -0.2) is 38.8 Å². The molecule has 0 unspecified atom stereocenters. The molecule has 0 aliphatic carbocycles. The van der Waals surface area contributed by atoms with Gasteiger partial charge < -0.3 is 14.8 Å². The first-order chi connectivity index (χ1) is 12.5. The molecule has 0 aromatic heterocycles. The Kier molecular flexibility index (Phi) is 7.16. The monoisotopic (exact) mass is 419 g/mol. The lowest BCUT2D eigenvalue weighted by molar-refractivity contribution is -0.120. The first kappa shape index (κ1) is 19.5. The van der Waals surface area contributed by atoms with Gasteiger partial charge in [0.25, 0.3) is 11.8 Å². The third kappa shape index (κ3) is 5.59. The van der Waals surface area contributed by atoms with E-state index in [0.29, 0.717) is 17.1 Å². The van der Waals surface area contributed by atoms with Crippen molar-refractivity contribution >= 4 is 34.0 Å². The van der Waals surface area contributed by atoms with Crippen LogP contribution >= 0.6 is 15.9 Å². The second-order valence-electron chi connectivity index (χ2n) is 5.09. The molecular formula is C18H18BrN3O4. The lowest BCUT2D eigenvalue weighted by atomic mass is 10.2. The highest BCUT2D eigenvalue weighted by atomic mass is 79.9. The van der Waals surface area contributed by atoms with Gasteiger partial charge in [-0.25, -0.2) is 5.43 Å². The largest absolute Gasteiger partial charge is 0.497 e. The number of hydrazone groups is 1. The van der Waals surface area contributed by atoms with Gasteiger partial charge in [0.15, 0.2) is 0 Å². The van der Waals surface area contributed by atoms with Crippen molar-refractivity contribution in [1.29, 1.82) is 0 Å². The highest BCUT2D eigenvalue weighted by Gasteiger charge is 2.07. The van der Waals surface area contributed by atoms with Gasteiger partial charge in [0, 0.05) is 15.6 Å². The smallest absolute Gasteiger partial charge is 0.259 e. The maximum absolute atomic E-state index is 12.0. The number of hydrogen-bond donors (Lipinski definition) is 2. The van der Waals surface area contributed by atoms with Gasteiger partial charge in [-0.15, -0.1) is 0 Å². The van der Waals surface area contributed by atoms with Crippen LogP contribution in [-0.2, 0) is 4.79 Å². The van der Waals surface area contributed by atoms with Crippen molar-refractivity contribution in [3.63, 3.8) is 0 Å². The molecule has 136 valence electrons. The lowest BCUT2D eigenvalue weighted by Crippen LogP contribution is -2.34. The van der Waals surface area contributed by atoms with Crippen molar-refractivity contribution in [3.8, 4) is 11.5 Å². The summed E-state index contributed by atoms with van der Waals surface area (Å²) in [6.07, 6.45) is 1.48. The number of rotatable bonds is 7. The van der Waals surface area contributed by atoms with Crippen LogP contribution in [0.4, 0.5) is 0 Å². The first-order valence-electron chi connectivity index (χ1n) is 7.61. The van der Waals surface area contributed by atoms with Gasteiger partial charge in [0.1, 0.15) is 11.5 Å². The SMILES string of the molecule is COc1ccc(C(=O)NCC(=O)N/N=C/c2cc(OC)ccc2Br)cc1. The molecule has 2 N–H and O–H groups in total. The van der Waals surface area contributed by atoms with Crippen LogP contribution in [0.1, 0.15) is 15.9 Å². The molecule has 7 nitrogen and oxygen atoms in total. The Bertz CT molecular complexity index is 807. The van der Waals surface area contributed by atoms with E-state index >= 15 is 0 Å². The molecule has 2 amide bonds. The second-order valence-corrected chi connectivity index (χ2v) is 5.95. The van der Waals surface area contributed by atoms with Crippen LogP contribution in [0.15, 0.2) is 52.0 Å². The first-order valence-corrected chi connectivity index (χ1v) is 8.40. The minimum absolute atomic E-state index is 0.193. The van der Waals surface area contributed by atoms with Crippen molar-refractivity contribution < 1.29 is 19.1 Å². The topological polar surface area (TPSA) is 89.0 Å². The average Bonchev–Trinajstić information content (AvgIpc) is 2.67. The van der Waals surface area contributed by atoms with E-state index in [1.165, 1.54) is 6.21 Å². The van der Waals surface area contributed by atoms with E-state index in [0.717, 1.165) is 10.0 Å². The zero-order chi connectivity index (χ0) is 18.9. The zero-order valence-corrected chi connectivity index (χ0v) is 15.9. The highest BCUT2D eigenvalue weighted by Crippen LogP contribution is 2.20. The van der Waals surface area contributed by atoms with Crippen molar-refractivity contribution in [3.05, 3.63) is 58.1 Å². The summed E-state index contributed by atoms with van der Waals surface area (Å²) in [6, 6.07) is 12.0. The number of hydrogen-bond acceptors (Lipinski definition) is 5. The summed E-state index contributed by atoms with van der Waals surface area (Å²) in [4.78, 5) is 23.8. The van der Waals surface area contributed by atoms with Crippen LogP contribution in [0, 0.1) is 0 Å². The number of halogens is 1. The molecule has 0 fully saturated rings. The van der Waals surface area contributed by atoms with Gasteiger partial charge in [-0.3, -0.25) is 9.59 Å². The van der Waals surface area contributed by atoms with Gasteiger partial charge in [0.05, 0.1) is 27.0 Å². The normalized spacial score (nSPS) is 10.4. The predicted octanol–water partition coefficient (Wildman–Crippen LogP) is 2.35. The molecule has 0 heterocycles. The number of carbonyl (C=O) groups is 2. The fraction of sp³-hybridized carbons (Fsp3) is 0.167. The molecule has 8 heteroatoms. The zero-order valence-electron chi connectivity index (χ0n) is 14.3. The predicted molar refractivity (Wildman–Crippen MR) is 102 cm³/mol. The van der Waals surface area contributed by atoms with Gasteiger partial charge in [0.2, 0.25) is 0 Å². The number of benzene rings is 2. The maximum Gasteiger partial charge on any atom is 0.259 e. The van der Waals surface area contributed by atoms with Crippen LogP contribution in [0.3, 0.4) is 0 Å². The summed E-state index contributed by atoms with van der Waals surface area (Å²) < 4.78 is 11.0. The van der Waals surface area contributed by atoms with E-state index in [1.807, 2.05) is 6.07 Å². The van der Waals surface area contributed by atoms with Crippen LogP contribution in [0.5, 0.6) is 11.5 Å². The van der Waals surface area contributed by atoms with E-state index in [-0.39, 0.29) is 12.5 Å². The van der Waals surface area contributed by atoms with Crippen molar-refractivity contribution in [1.82, 2.24) is 10.7 Å². The summed E-state index contributed by atoms with van der Waals surface area (Å²) in [5, 5.41) is 6.39. The highest BCUT2D eigenvalue weighted by molar-refractivity contribution is 9.10. The number of nitrogens with zero attached hydrogens (tertiary/aromatic N) is 1. The fourth-order valence-corrected chi connectivity index (χ4v) is 2.32. The molecule has 0 saturated heterocycles. The van der Waals surface area contributed by atoms with E-state index in [1.54, 1.807) is 50.6 Å². The third-order valence-corrected chi connectivity index (χ3v) is 4.08. The minimum Gasteiger partial charge on any atom is -0.497 e. The Hall–Kier alpha value is -2.87. The lowest BCUT2D eigenvalue weighted by Gasteiger charge is -2.05. The summed E-state index contributed by atoms with van der Waals surface area (Å²) >= 11 is 3.39. The standard InChI is InChI=1S/C18H18BrN3O4/c1-25-14-5-3-12(4-6-14)18(24)20-11-17(23)22-21-10-13-9-15(26-2)7-8-16(13)19/h3-10H,11H2,1-2H3,(H,20,24)(H,22,23)/b21-10+. The molecule has 0 aliphatic heterocycles. The van der Waals surface area contributed by atoms with E-state index in [4.69, 9.17) is 9.47 Å². The average molecular weight is 420 g/mol. The molecule has 2 rings (SSSR count). The van der Waals surface area contributed by atoms with Crippen LogP contribution < -0.4 is 20.2 Å². The molecule has 0 saturated carbocycles. The van der Waals surface area contributed by atoms with Crippen molar-refractivity contribution in [2.24, 2.45) is 5.10 Å². The minimum atomic E-state index is -0.442. The molecule has 2 aromatic carbocycles. The summed E-state index contributed by atoms with van der Waals surface area (Å²) in [6.45, 7) is -0.193. The Morgan fingerprint density at radius 2 is 1.73 bits per heavy atom. The Balaban J connectivity index is 1.84. The Morgan fingerprint density at radius 3 is 2.38 bits per heavy atom. The van der Waals surface area contributed by atoms with E-state index in [2.05, 4.69) is 31.8 Å². The number of carbonyl (C=O) groups excluding carboxylic acids is 2. The molecule has 0 spiro atoms. The second kappa shape index (κ2) is 9.57. The molecule has 0 radical (unpaired) electrons. The summed E-state index contributed by atoms with van der Waals surface area (Å²) in [5.74, 6) is 0.523. The molecule has 2 aromatic rings. The van der Waals surface area contributed by atoms with Gasteiger partial charge >= 0.3 is 0 Å². The number of nitrogens with one attached hydrogen (secondary N) is 2. The number of ether oxygens (including phenoxy) is 2. The molecular weight excluding hydrogens is 402 g/mol. The van der Waals surface area contributed by atoms with Crippen LogP contribution in [0.25, 0.3) is 0 Å². The number of amides is 2. The van der Waals surface area contributed by atoms with Gasteiger partial charge in [-0.05, 0) is 42.5 Å². The number of methoxy groups -OCH3 is 2. The summed E-state index contributed by atoms with van der Waals surface area (Å²) in [7, 11) is 3.11. The maximum atomic E-state index is 12.0. The van der Waals surface area contributed by atoms with Gasteiger partial charge in [-0.1, -0.05) is 15.9 Å². The quantitative estimate of drug-likeness (QED) is 0.532. The van der Waals surface area contributed by atoms with E-state index < -0.39 is 5.91 Å². The van der Waals surface area contributed by atoms with Crippen molar-refractivity contribution in [2.45, 2.75) is 0 Å².